The largest absolute Gasteiger partial charge is 0.501 e. The minimum atomic E-state index is -0.00789. The molecule has 0 amide bonds. The molecular weight excluding hydrogens is 250 g/mol. The first-order valence-corrected chi connectivity index (χ1v) is 7.52. The van der Waals surface area contributed by atoms with Gasteiger partial charge in [0.2, 0.25) is 0 Å². The van der Waals surface area contributed by atoms with Crippen molar-refractivity contribution in [2.24, 2.45) is 5.73 Å². The van der Waals surface area contributed by atoms with E-state index in [4.69, 9.17) is 15.2 Å². The molecule has 1 saturated heterocycles. The Balaban J connectivity index is 1.95. The van der Waals surface area contributed by atoms with Crippen molar-refractivity contribution in [1.29, 1.82) is 0 Å². The van der Waals surface area contributed by atoms with E-state index in [0.717, 1.165) is 45.5 Å². The second-order valence-electron chi connectivity index (χ2n) is 5.78. The summed E-state index contributed by atoms with van der Waals surface area (Å²) in [6.07, 6.45) is 5.98. The lowest BCUT2D eigenvalue weighted by Gasteiger charge is -2.43. The normalized spacial score (nSPS) is 23.6. The first-order chi connectivity index (χ1) is 9.83. The van der Waals surface area contributed by atoms with Crippen molar-refractivity contribution in [3.05, 3.63) is 47.7 Å². The first-order valence-electron chi connectivity index (χ1n) is 7.52. The molecule has 1 aromatic carbocycles. The topological polar surface area (TPSA) is 44.5 Å². The molecular formula is C17H23NO2. The van der Waals surface area contributed by atoms with Crippen LogP contribution in [0, 0.1) is 0 Å². The van der Waals surface area contributed by atoms with Gasteiger partial charge in [-0.25, -0.2) is 0 Å². The van der Waals surface area contributed by atoms with Crippen molar-refractivity contribution in [1.82, 2.24) is 0 Å². The molecule has 1 fully saturated rings. The highest BCUT2D eigenvalue weighted by Gasteiger charge is 2.41. The molecule has 2 aliphatic rings. The van der Waals surface area contributed by atoms with Gasteiger partial charge in [-0.05, 0) is 36.8 Å². The Labute approximate surface area is 120 Å². The third-order valence-corrected chi connectivity index (χ3v) is 4.69. The van der Waals surface area contributed by atoms with Gasteiger partial charge < -0.3 is 15.2 Å². The van der Waals surface area contributed by atoms with Crippen molar-refractivity contribution >= 4 is 0 Å². The van der Waals surface area contributed by atoms with Gasteiger partial charge in [0, 0.05) is 24.7 Å². The number of hydrogen-bond donors (Lipinski definition) is 1. The standard InChI is InChI=1S/C17H23NO2/c18-16(14-5-4-10-20-13-14)17(8-11-19-12-9-17)15-6-2-1-3-7-15/h1-3,6-7,13,16H,4-5,8-12,18H2. The van der Waals surface area contributed by atoms with Crippen molar-refractivity contribution in [3.8, 4) is 0 Å². The smallest absolute Gasteiger partial charge is 0.0876 e. The summed E-state index contributed by atoms with van der Waals surface area (Å²) >= 11 is 0. The maximum Gasteiger partial charge on any atom is 0.0876 e. The summed E-state index contributed by atoms with van der Waals surface area (Å²) in [5.74, 6) is 0. The van der Waals surface area contributed by atoms with Crippen molar-refractivity contribution < 1.29 is 9.47 Å². The molecule has 2 aliphatic heterocycles. The van der Waals surface area contributed by atoms with Crippen LogP contribution in [0.15, 0.2) is 42.2 Å². The van der Waals surface area contributed by atoms with E-state index in [9.17, 15) is 0 Å². The van der Waals surface area contributed by atoms with Crippen LogP contribution in [-0.2, 0) is 14.9 Å². The zero-order valence-electron chi connectivity index (χ0n) is 11.9. The lowest BCUT2D eigenvalue weighted by molar-refractivity contribution is 0.0427. The Morgan fingerprint density at radius 1 is 1.05 bits per heavy atom. The van der Waals surface area contributed by atoms with Crippen LogP contribution in [0.3, 0.4) is 0 Å². The minimum Gasteiger partial charge on any atom is -0.501 e. The predicted molar refractivity (Wildman–Crippen MR) is 79.4 cm³/mol. The molecule has 3 nitrogen and oxygen atoms in total. The molecule has 2 N–H and O–H groups in total. The molecule has 1 unspecified atom stereocenters. The van der Waals surface area contributed by atoms with Crippen LogP contribution in [0.25, 0.3) is 0 Å². The molecule has 108 valence electrons. The van der Waals surface area contributed by atoms with E-state index in [1.165, 1.54) is 11.1 Å². The highest BCUT2D eigenvalue weighted by atomic mass is 16.5. The summed E-state index contributed by atoms with van der Waals surface area (Å²) < 4.78 is 11.1. The SMILES string of the molecule is NC(C1=COCCC1)C1(c2ccccc2)CCOCC1. The molecule has 0 aliphatic carbocycles. The number of ether oxygens (including phenoxy) is 2. The average Bonchev–Trinajstić information content (AvgIpc) is 2.56. The van der Waals surface area contributed by atoms with E-state index in [1.54, 1.807) is 0 Å². The van der Waals surface area contributed by atoms with Crippen molar-refractivity contribution in [3.63, 3.8) is 0 Å². The van der Waals surface area contributed by atoms with Gasteiger partial charge >= 0.3 is 0 Å². The molecule has 3 rings (SSSR count). The number of rotatable bonds is 3. The molecule has 20 heavy (non-hydrogen) atoms. The summed E-state index contributed by atoms with van der Waals surface area (Å²) in [5, 5.41) is 0. The van der Waals surface area contributed by atoms with Crippen molar-refractivity contribution in [2.75, 3.05) is 19.8 Å². The summed E-state index contributed by atoms with van der Waals surface area (Å²) in [6, 6.07) is 10.7. The fraction of sp³-hybridized carbons (Fsp3) is 0.529. The Bertz CT molecular complexity index is 463. The van der Waals surface area contributed by atoms with Gasteiger partial charge in [-0.1, -0.05) is 30.3 Å². The molecule has 0 bridgehead atoms. The fourth-order valence-electron chi connectivity index (χ4n) is 3.45. The molecule has 3 heteroatoms. The summed E-state index contributed by atoms with van der Waals surface area (Å²) in [4.78, 5) is 0. The van der Waals surface area contributed by atoms with Gasteiger partial charge in [0.25, 0.3) is 0 Å². The highest BCUT2D eigenvalue weighted by Crippen LogP contribution is 2.40. The quantitative estimate of drug-likeness (QED) is 0.921. The van der Waals surface area contributed by atoms with Gasteiger partial charge in [0.15, 0.2) is 0 Å². The molecule has 0 radical (unpaired) electrons. The zero-order valence-corrected chi connectivity index (χ0v) is 11.9. The first kappa shape index (κ1) is 13.7. The molecule has 1 aromatic rings. The molecule has 0 spiro atoms. The average molecular weight is 273 g/mol. The fourth-order valence-corrected chi connectivity index (χ4v) is 3.45. The van der Waals surface area contributed by atoms with Gasteiger partial charge in [-0.3, -0.25) is 0 Å². The van der Waals surface area contributed by atoms with Gasteiger partial charge in [0.1, 0.15) is 0 Å². The Kier molecular flexibility index (Phi) is 4.08. The lowest BCUT2D eigenvalue weighted by Crippen LogP contribution is -2.50. The van der Waals surface area contributed by atoms with Gasteiger partial charge in [-0.15, -0.1) is 0 Å². The Hall–Kier alpha value is -1.32. The van der Waals surface area contributed by atoms with E-state index >= 15 is 0 Å². The molecule has 2 heterocycles. The van der Waals surface area contributed by atoms with E-state index in [0.29, 0.717) is 0 Å². The summed E-state index contributed by atoms with van der Waals surface area (Å²) in [5.41, 5.74) is 9.27. The van der Waals surface area contributed by atoms with Crippen LogP contribution in [-0.4, -0.2) is 25.9 Å². The third kappa shape index (κ3) is 2.48. The van der Waals surface area contributed by atoms with E-state index < -0.39 is 0 Å². The van der Waals surface area contributed by atoms with Crippen LogP contribution < -0.4 is 5.73 Å². The Morgan fingerprint density at radius 3 is 2.45 bits per heavy atom. The maximum absolute atomic E-state index is 6.69. The van der Waals surface area contributed by atoms with E-state index in [2.05, 4.69) is 30.3 Å². The van der Waals surface area contributed by atoms with Crippen LogP contribution in [0.2, 0.25) is 0 Å². The number of hydrogen-bond acceptors (Lipinski definition) is 3. The minimum absolute atomic E-state index is 0.00789. The van der Waals surface area contributed by atoms with Crippen LogP contribution in [0.4, 0.5) is 0 Å². The van der Waals surface area contributed by atoms with E-state index in [-0.39, 0.29) is 11.5 Å². The van der Waals surface area contributed by atoms with Gasteiger partial charge in [-0.2, -0.15) is 0 Å². The van der Waals surface area contributed by atoms with Crippen molar-refractivity contribution in [2.45, 2.75) is 37.1 Å². The molecule has 1 atom stereocenters. The van der Waals surface area contributed by atoms with E-state index in [1.807, 2.05) is 6.26 Å². The molecule has 0 aromatic heterocycles. The van der Waals surface area contributed by atoms with Crippen LogP contribution in [0.1, 0.15) is 31.2 Å². The number of nitrogens with two attached hydrogens (primary N) is 1. The van der Waals surface area contributed by atoms with Crippen LogP contribution in [0.5, 0.6) is 0 Å². The second kappa shape index (κ2) is 5.98. The lowest BCUT2D eigenvalue weighted by atomic mass is 9.66. The Morgan fingerprint density at radius 2 is 1.80 bits per heavy atom. The third-order valence-electron chi connectivity index (χ3n) is 4.69. The molecule has 0 saturated carbocycles. The summed E-state index contributed by atoms with van der Waals surface area (Å²) in [6.45, 7) is 2.39. The van der Waals surface area contributed by atoms with Gasteiger partial charge in [0.05, 0.1) is 12.9 Å². The van der Waals surface area contributed by atoms with Crippen LogP contribution >= 0.6 is 0 Å². The summed E-state index contributed by atoms with van der Waals surface area (Å²) in [7, 11) is 0. The second-order valence-corrected chi connectivity index (χ2v) is 5.78. The monoisotopic (exact) mass is 273 g/mol. The zero-order chi connectivity index (χ0) is 13.8. The highest BCUT2D eigenvalue weighted by molar-refractivity contribution is 5.33. The number of benzene rings is 1. The predicted octanol–water partition coefficient (Wildman–Crippen LogP) is 2.76. The maximum atomic E-state index is 6.69.